The Hall–Kier alpha value is -3.38. The number of carbonyl (C=O) groups excluding carboxylic acids is 1. The highest BCUT2D eigenvalue weighted by molar-refractivity contribution is 6.31. The molecule has 5 nitrogen and oxygen atoms in total. The van der Waals surface area contributed by atoms with Gasteiger partial charge in [0.15, 0.2) is 0 Å². The first-order chi connectivity index (χ1) is 15.0. The molecule has 3 aromatic carbocycles. The lowest BCUT2D eigenvalue weighted by molar-refractivity contribution is -0.139. The second kappa shape index (κ2) is 8.78. The van der Waals surface area contributed by atoms with E-state index in [0.717, 1.165) is 22.3 Å². The van der Waals surface area contributed by atoms with Crippen molar-refractivity contribution in [2.24, 2.45) is 0 Å². The number of alkyl carbamates (subject to hydrolysis) is 1. The summed E-state index contributed by atoms with van der Waals surface area (Å²) >= 11 is 5.98. The van der Waals surface area contributed by atoms with Crippen LogP contribution in [-0.4, -0.2) is 29.8 Å². The molecule has 31 heavy (non-hydrogen) atoms. The average Bonchev–Trinajstić information content (AvgIpc) is 3.08. The molecule has 1 aliphatic carbocycles. The summed E-state index contributed by atoms with van der Waals surface area (Å²) in [7, 11) is 0. The molecule has 0 unspecified atom stereocenters. The van der Waals surface area contributed by atoms with E-state index in [4.69, 9.17) is 16.3 Å². The van der Waals surface area contributed by atoms with Crippen molar-refractivity contribution < 1.29 is 23.8 Å². The van der Waals surface area contributed by atoms with Crippen LogP contribution in [0.15, 0.2) is 66.7 Å². The molecule has 0 heterocycles. The number of benzene rings is 3. The largest absolute Gasteiger partial charge is 0.480 e. The van der Waals surface area contributed by atoms with Gasteiger partial charge in [-0.3, -0.25) is 0 Å². The summed E-state index contributed by atoms with van der Waals surface area (Å²) in [5.74, 6) is -2.09. The number of rotatable bonds is 6. The van der Waals surface area contributed by atoms with Crippen LogP contribution in [0.1, 0.15) is 22.6 Å². The van der Waals surface area contributed by atoms with E-state index < -0.39 is 23.9 Å². The van der Waals surface area contributed by atoms with E-state index in [-0.39, 0.29) is 29.5 Å². The monoisotopic (exact) mass is 439 g/mol. The van der Waals surface area contributed by atoms with E-state index in [1.165, 1.54) is 18.2 Å². The minimum absolute atomic E-state index is 0.0236. The number of hydrogen-bond donors (Lipinski definition) is 2. The van der Waals surface area contributed by atoms with Gasteiger partial charge in [0, 0.05) is 22.9 Å². The number of nitrogens with one attached hydrogen (secondary N) is 1. The van der Waals surface area contributed by atoms with Gasteiger partial charge in [0.2, 0.25) is 0 Å². The van der Waals surface area contributed by atoms with Gasteiger partial charge in [0.05, 0.1) is 0 Å². The van der Waals surface area contributed by atoms with Gasteiger partial charge in [-0.1, -0.05) is 66.2 Å². The van der Waals surface area contributed by atoms with Gasteiger partial charge in [-0.15, -0.1) is 0 Å². The van der Waals surface area contributed by atoms with Crippen LogP contribution < -0.4 is 5.32 Å². The van der Waals surface area contributed by atoms with Crippen molar-refractivity contribution in [1.82, 2.24) is 5.32 Å². The van der Waals surface area contributed by atoms with Crippen LogP contribution in [0.5, 0.6) is 0 Å². The number of fused-ring (bicyclic) bond motifs is 3. The van der Waals surface area contributed by atoms with E-state index in [0.29, 0.717) is 0 Å². The SMILES string of the molecule is O=C(N[C@H](Cc1c(F)cccc1Cl)C(=O)O)OCC1c2ccccc2-c2ccccc21. The first kappa shape index (κ1) is 20.9. The number of carboxylic acids is 1. The van der Waals surface area contributed by atoms with E-state index in [1.807, 2.05) is 48.5 Å². The molecule has 3 aromatic rings. The third-order valence-corrected chi connectivity index (χ3v) is 5.76. The number of hydrogen-bond acceptors (Lipinski definition) is 3. The Kier molecular flexibility index (Phi) is 5.91. The van der Waals surface area contributed by atoms with E-state index in [1.54, 1.807) is 0 Å². The third-order valence-electron chi connectivity index (χ3n) is 5.40. The van der Waals surface area contributed by atoms with Crippen molar-refractivity contribution in [2.45, 2.75) is 18.4 Å². The number of carboxylic acid groups (broad SMARTS) is 1. The van der Waals surface area contributed by atoms with Crippen molar-refractivity contribution in [3.8, 4) is 11.1 Å². The number of carbonyl (C=O) groups is 2. The molecule has 0 saturated heterocycles. The summed E-state index contributed by atoms with van der Waals surface area (Å²) in [6.07, 6.45) is -1.19. The summed E-state index contributed by atoms with van der Waals surface area (Å²) in [5, 5.41) is 11.9. The summed E-state index contributed by atoms with van der Waals surface area (Å²) in [5.41, 5.74) is 4.29. The molecule has 2 N–H and O–H groups in total. The number of ether oxygens (including phenoxy) is 1. The van der Waals surface area contributed by atoms with Gasteiger partial charge < -0.3 is 15.2 Å². The van der Waals surface area contributed by atoms with Crippen molar-refractivity contribution >= 4 is 23.7 Å². The quantitative estimate of drug-likeness (QED) is 0.566. The Balaban J connectivity index is 1.45. The van der Waals surface area contributed by atoms with Crippen LogP contribution in [0.3, 0.4) is 0 Å². The molecule has 1 atom stereocenters. The molecule has 0 spiro atoms. The maximum atomic E-state index is 14.0. The van der Waals surface area contributed by atoms with Crippen molar-refractivity contribution in [1.29, 1.82) is 0 Å². The lowest BCUT2D eigenvalue weighted by atomic mass is 9.98. The van der Waals surface area contributed by atoms with Crippen molar-refractivity contribution in [3.05, 3.63) is 94.3 Å². The predicted octanol–water partition coefficient (Wildman–Crippen LogP) is 5.01. The van der Waals surface area contributed by atoms with Crippen molar-refractivity contribution in [3.63, 3.8) is 0 Å². The number of aliphatic carboxylic acids is 1. The van der Waals surface area contributed by atoms with Gasteiger partial charge in [-0.25, -0.2) is 14.0 Å². The first-order valence-corrected chi connectivity index (χ1v) is 10.1. The topological polar surface area (TPSA) is 75.6 Å². The van der Waals surface area contributed by atoms with Gasteiger partial charge in [-0.2, -0.15) is 0 Å². The van der Waals surface area contributed by atoms with Gasteiger partial charge in [-0.05, 0) is 34.4 Å². The zero-order chi connectivity index (χ0) is 22.0. The molecule has 158 valence electrons. The molecular formula is C24H19ClFNO4. The minimum atomic E-state index is -1.38. The Morgan fingerprint density at radius 3 is 2.19 bits per heavy atom. The fourth-order valence-electron chi connectivity index (χ4n) is 3.91. The molecule has 7 heteroatoms. The Morgan fingerprint density at radius 1 is 1.00 bits per heavy atom. The van der Waals surface area contributed by atoms with Crippen LogP contribution in [0.4, 0.5) is 9.18 Å². The zero-order valence-corrected chi connectivity index (χ0v) is 17.1. The molecule has 0 radical (unpaired) electrons. The van der Waals surface area contributed by atoms with E-state index in [9.17, 15) is 19.1 Å². The number of halogens is 2. The molecule has 0 aliphatic heterocycles. The average molecular weight is 440 g/mol. The molecule has 0 aromatic heterocycles. The summed E-state index contributed by atoms with van der Waals surface area (Å²) in [4.78, 5) is 24.0. The van der Waals surface area contributed by atoms with Crippen LogP contribution in [0.2, 0.25) is 5.02 Å². The van der Waals surface area contributed by atoms with Gasteiger partial charge in [0.25, 0.3) is 0 Å². The Morgan fingerprint density at radius 2 is 1.61 bits per heavy atom. The van der Waals surface area contributed by atoms with Gasteiger partial charge in [0.1, 0.15) is 18.5 Å². The standard InChI is InChI=1S/C24H19ClFNO4/c25-20-10-5-11-21(26)18(20)12-22(23(28)29)27-24(30)31-13-19-16-8-3-1-6-14(16)15-7-2-4-9-17(15)19/h1-11,19,22H,12-13H2,(H,27,30)(H,28,29)/t22-/m1/s1. The highest BCUT2D eigenvalue weighted by atomic mass is 35.5. The van der Waals surface area contributed by atoms with Crippen LogP contribution >= 0.6 is 11.6 Å². The lowest BCUT2D eigenvalue weighted by Gasteiger charge is -2.18. The van der Waals surface area contributed by atoms with Gasteiger partial charge >= 0.3 is 12.1 Å². The molecule has 1 amide bonds. The molecule has 4 rings (SSSR count). The number of amides is 1. The van der Waals surface area contributed by atoms with E-state index in [2.05, 4.69) is 5.32 Å². The van der Waals surface area contributed by atoms with Crippen LogP contribution in [0, 0.1) is 5.82 Å². The third kappa shape index (κ3) is 4.25. The molecule has 0 fully saturated rings. The van der Waals surface area contributed by atoms with Crippen LogP contribution in [0.25, 0.3) is 11.1 Å². The maximum Gasteiger partial charge on any atom is 0.407 e. The fourth-order valence-corrected chi connectivity index (χ4v) is 4.15. The second-order valence-electron chi connectivity index (χ2n) is 7.27. The second-order valence-corrected chi connectivity index (χ2v) is 7.67. The smallest absolute Gasteiger partial charge is 0.407 e. The molecule has 1 aliphatic rings. The molecular weight excluding hydrogens is 421 g/mol. The zero-order valence-electron chi connectivity index (χ0n) is 16.3. The normalized spacial score (nSPS) is 13.2. The maximum absolute atomic E-state index is 14.0. The Bertz CT molecular complexity index is 1080. The lowest BCUT2D eigenvalue weighted by Crippen LogP contribution is -2.43. The summed E-state index contributed by atoms with van der Waals surface area (Å²) < 4.78 is 19.4. The first-order valence-electron chi connectivity index (χ1n) is 9.73. The highest BCUT2D eigenvalue weighted by Gasteiger charge is 2.30. The molecule has 0 bridgehead atoms. The molecule has 0 saturated carbocycles. The fraction of sp³-hybridized carbons (Fsp3) is 0.167. The summed E-state index contributed by atoms with van der Waals surface area (Å²) in [6.45, 7) is 0.0483. The summed E-state index contributed by atoms with van der Waals surface area (Å²) in [6, 6.07) is 18.5. The highest BCUT2D eigenvalue weighted by Crippen LogP contribution is 2.44. The minimum Gasteiger partial charge on any atom is -0.480 e. The Labute approximate surface area is 183 Å². The van der Waals surface area contributed by atoms with Crippen molar-refractivity contribution in [2.75, 3.05) is 6.61 Å². The predicted molar refractivity (Wildman–Crippen MR) is 115 cm³/mol. The van der Waals surface area contributed by atoms with Crippen LogP contribution in [-0.2, 0) is 16.0 Å². The van der Waals surface area contributed by atoms with E-state index >= 15 is 0 Å².